The second-order valence-electron chi connectivity index (χ2n) is 5.73. The second-order valence-corrected chi connectivity index (χ2v) is 5.73. The topological polar surface area (TPSA) is 50.4 Å². The standard InChI is InChI=1S/C17H22FN3O2/c1-13-11-19-20-17(13)15-12-22-10-8-21(15)7-4-9-23-16-6-3-2-5-14(16)18/h2-3,5-6,11,15H,4,7-10,12H2,1H3,(H,19,20)/t15-/m1/s1. The molecule has 1 N–H and O–H groups in total. The van der Waals surface area contributed by atoms with Crippen molar-refractivity contribution >= 4 is 0 Å². The van der Waals surface area contributed by atoms with Crippen molar-refractivity contribution < 1.29 is 13.9 Å². The van der Waals surface area contributed by atoms with Gasteiger partial charge in [0.2, 0.25) is 0 Å². The molecule has 0 bridgehead atoms. The van der Waals surface area contributed by atoms with Crippen molar-refractivity contribution in [1.82, 2.24) is 15.1 Å². The van der Waals surface area contributed by atoms with Crippen LogP contribution in [0.1, 0.15) is 23.7 Å². The molecule has 1 aromatic carbocycles. The lowest BCUT2D eigenvalue weighted by Gasteiger charge is -2.35. The minimum absolute atomic E-state index is 0.194. The molecular formula is C17H22FN3O2. The smallest absolute Gasteiger partial charge is 0.165 e. The fraction of sp³-hybridized carbons (Fsp3) is 0.471. The van der Waals surface area contributed by atoms with Gasteiger partial charge in [0.05, 0.1) is 37.8 Å². The average Bonchev–Trinajstić information content (AvgIpc) is 2.99. The number of ether oxygens (including phenoxy) is 2. The van der Waals surface area contributed by atoms with Gasteiger partial charge in [0.15, 0.2) is 11.6 Å². The highest BCUT2D eigenvalue weighted by molar-refractivity contribution is 5.23. The van der Waals surface area contributed by atoms with Gasteiger partial charge in [0.25, 0.3) is 0 Å². The number of aromatic amines is 1. The molecular weight excluding hydrogens is 297 g/mol. The molecule has 0 spiro atoms. The monoisotopic (exact) mass is 319 g/mol. The van der Waals surface area contributed by atoms with Crippen molar-refractivity contribution in [3.05, 3.63) is 47.5 Å². The van der Waals surface area contributed by atoms with Gasteiger partial charge in [-0.2, -0.15) is 5.10 Å². The lowest BCUT2D eigenvalue weighted by atomic mass is 10.1. The molecule has 6 heteroatoms. The lowest BCUT2D eigenvalue weighted by molar-refractivity contribution is -0.0120. The maximum absolute atomic E-state index is 13.5. The number of aryl methyl sites for hydroxylation is 1. The summed E-state index contributed by atoms with van der Waals surface area (Å²) in [6.07, 6.45) is 2.67. The van der Waals surface area contributed by atoms with E-state index < -0.39 is 0 Å². The Hall–Kier alpha value is -1.92. The molecule has 1 atom stereocenters. The summed E-state index contributed by atoms with van der Waals surface area (Å²) in [5, 5.41) is 7.18. The van der Waals surface area contributed by atoms with Crippen LogP contribution >= 0.6 is 0 Å². The van der Waals surface area contributed by atoms with Gasteiger partial charge in [0, 0.05) is 13.1 Å². The summed E-state index contributed by atoms with van der Waals surface area (Å²) in [7, 11) is 0. The van der Waals surface area contributed by atoms with Crippen LogP contribution in [0, 0.1) is 12.7 Å². The fourth-order valence-corrected chi connectivity index (χ4v) is 2.88. The molecule has 23 heavy (non-hydrogen) atoms. The number of para-hydroxylation sites is 1. The number of hydrogen-bond donors (Lipinski definition) is 1. The highest BCUT2D eigenvalue weighted by atomic mass is 19.1. The highest BCUT2D eigenvalue weighted by Gasteiger charge is 2.26. The van der Waals surface area contributed by atoms with Crippen molar-refractivity contribution in [3.8, 4) is 5.75 Å². The van der Waals surface area contributed by atoms with E-state index in [0.717, 1.165) is 37.4 Å². The molecule has 1 aromatic heterocycles. The van der Waals surface area contributed by atoms with E-state index in [-0.39, 0.29) is 11.9 Å². The zero-order valence-corrected chi connectivity index (χ0v) is 13.3. The van der Waals surface area contributed by atoms with Gasteiger partial charge in [-0.05, 0) is 31.0 Å². The van der Waals surface area contributed by atoms with E-state index >= 15 is 0 Å². The largest absolute Gasteiger partial charge is 0.490 e. The van der Waals surface area contributed by atoms with Crippen molar-refractivity contribution in [2.24, 2.45) is 0 Å². The molecule has 5 nitrogen and oxygen atoms in total. The molecule has 1 aliphatic heterocycles. The Morgan fingerprint density at radius 3 is 3.09 bits per heavy atom. The van der Waals surface area contributed by atoms with Gasteiger partial charge < -0.3 is 9.47 Å². The number of hydrogen-bond acceptors (Lipinski definition) is 4. The van der Waals surface area contributed by atoms with Crippen LogP contribution in [0.2, 0.25) is 0 Å². The molecule has 2 heterocycles. The first-order valence-corrected chi connectivity index (χ1v) is 7.94. The predicted octanol–water partition coefficient (Wildman–Crippen LogP) is 2.70. The number of aromatic nitrogens is 2. The van der Waals surface area contributed by atoms with Crippen molar-refractivity contribution in [1.29, 1.82) is 0 Å². The van der Waals surface area contributed by atoms with Crippen LogP contribution in [0.5, 0.6) is 5.75 Å². The van der Waals surface area contributed by atoms with Crippen LogP contribution in [0.3, 0.4) is 0 Å². The lowest BCUT2D eigenvalue weighted by Crippen LogP contribution is -2.40. The maximum Gasteiger partial charge on any atom is 0.165 e. The molecule has 124 valence electrons. The number of nitrogens with one attached hydrogen (secondary N) is 1. The molecule has 0 unspecified atom stereocenters. The fourth-order valence-electron chi connectivity index (χ4n) is 2.88. The van der Waals surface area contributed by atoms with Gasteiger partial charge in [-0.1, -0.05) is 12.1 Å². The summed E-state index contributed by atoms with van der Waals surface area (Å²) in [5.41, 5.74) is 2.26. The van der Waals surface area contributed by atoms with E-state index in [1.54, 1.807) is 18.2 Å². The third-order valence-corrected chi connectivity index (χ3v) is 4.12. The van der Waals surface area contributed by atoms with E-state index in [9.17, 15) is 4.39 Å². The average molecular weight is 319 g/mol. The third-order valence-electron chi connectivity index (χ3n) is 4.12. The quantitative estimate of drug-likeness (QED) is 0.832. The van der Waals surface area contributed by atoms with Gasteiger partial charge in [-0.25, -0.2) is 4.39 Å². The van der Waals surface area contributed by atoms with Crippen LogP contribution in [0.25, 0.3) is 0 Å². The summed E-state index contributed by atoms with van der Waals surface area (Å²) in [5.74, 6) is 0.000253. The second kappa shape index (κ2) is 7.57. The number of halogens is 1. The zero-order valence-electron chi connectivity index (χ0n) is 13.3. The van der Waals surface area contributed by atoms with Gasteiger partial charge in [-0.3, -0.25) is 10.00 Å². The van der Waals surface area contributed by atoms with E-state index in [1.807, 2.05) is 13.1 Å². The maximum atomic E-state index is 13.5. The van der Waals surface area contributed by atoms with Gasteiger partial charge in [0.1, 0.15) is 0 Å². The molecule has 1 aliphatic rings. The van der Waals surface area contributed by atoms with Crippen molar-refractivity contribution in [2.75, 3.05) is 32.9 Å². The summed E-state index contributed by atoms with van der Waals surface area (Å²) in [6.45, 7) is 5.69. The Balaban J connectivity index is 1.52. The zero-order chi connectivity index (χ0) is 16.1. The summed E-state index contributed by atoms with van der Waals surface area (Å²) < 4.78 is 24.6. The Morgan fingerprint density at radius 2 is 2.30 bits per heavy atom. The summed E-state index contributed by atoms with van der Waals surface area (Å²) in [4.78, 5) is 2.37. The SMILES string of the molecule is Cc1cn[nH]c1[C@H]1COCCN1CCCOc1ccccc1F. The molecule has 3 rings (SSSR count). The summed E-state index contributed by atoms with van der Waals surface area (Å²) in [6, 6.07) is 6.69. The molecule has 0 aliphatic carbocycles. The Kier molecular flexibility index (Phi) is 5.25. The van der Waals surface area contributed by atoms with Crippen LogP contribution in [-0.4, -0.2) is 48.0 Å². The molecule has 1 saturated heterocycles. The minimum atomic E-state index is -0.315. The van der Waals surface area contributed by atoms with Gasteiger partial charge in [-0.15, -0.1) is 0 Å². The van der Waals surface area contributed by atoms with E-state index in [2.05, 4.69) is 15.1 Å². The summed E-state index contributed by atoms with van der Waals surface area (Å²) >= 11 is 0. The van der Waals surface area contributed by atoms with Crippen LogP contribution in [0.15, 0.2) is 30.5 Å². The molecule has 0 radical (unpaired) electrons. The highest BCUT2D eigenvalue weighted by Crippen LogP contribution is 2.25. The van der Waals surface area contributed by atoms with Crippen LogP contribution in [-0.2, 0) is 4.74 Å². The number of nitrogens with zero attached hydrogens (tertiary/aromatic N) is 2. The first kappa shape index (κ1) is 16.0. The molecule has 1 fully saturated rings. The molecule has 0 saturated carbocycles. The van der Waals surface area contributed by atoms with Gasteiger partial charge >= 0.3 is 0 Å². The number of benzene rings is 1. The Bertz CT molecular complexity index is 632. The van der Waals surface area contributed by atoms with E-state index in [0.29, 0.717) is 19.0 Å². The Morgan fingerprint density at radius 1 is 1.43 bits per heavy atom. The Labute approximate surface area is 135 Å². The number of H-pyrrole nitrogens is 1. The number of rotatable bonds is 6. The first-order valence-electron chi connectivity index (χ1n) is 7.94. The normalized spacial score (nSPS) is 19.0. The molecule has 0 amide bonds. The van der Waals surface area contributed by atoms with Crippen molar-refractivity contribution in [3.63, 3.8) is 0 Å². The van der Waals surface area contributed by atoms with Crippen LogP contribution in [0.4, 0.5) is 4.39 Å². The predicted molar refractivity (Wildman–Crippen MR) is 85.0 cm³/mol. The first-order chi connectivity index (χ1) is 11.3. The van der Waals surface area contributed by atoms with E-state index in [4.69, 9.17) is 9.47 Å². The van der Waals surface area contributed by atoms with E-state index in [1.165, 1.54) is 6.07 Å². The third kappa shape index (κ3) is 3.89. The minimum Gasteiger partial charge on any atom is -0.490 e. The number of morpholine rings is 1. The van der Waals surface area contributed by atoms with Crippen LogP contribution < -0.4 is 4.74 Å². The van der Waals surface area contributed by atoms with Crippen molar-refractivity contribution in [2.45, 2.75) is 19.4 Å². The molecule has 2 aromatic rings.